The van der Waals surface area contributed by atoms with Gasteiger partial charge in [-0.15, -0.1) is 5.10 Å². The van der Waals surface area contributed by atoms with Gasteiger partial charge in [0.2, 0.25) is 0 Å². The van der Waals surface area contributed by atoms with Crippen molar-refractivity contribution >= 4 is 16.9 Å². The van der Waals surface area contributed by atoms with Crippen molar-refractivity contribution < 1.29 is 9.18 Å². The van der Waals surface area contributed by atoms with Crippen molar-refractivity contribution in [1.82, 2.24) is 20.3 Å². The van der Waals surface area contributed by atoms with Gasteiger partial charge in [0, 0.05) is 11.0 Å². The summed E-state index contributed by atoms with van der Waals surface area (Å²) in [5, 5.41) is 11.3. The maximum Gasteiger partial charge on any atom is 0.253 e. The van der Waals surface area contributed by atoms with Crippen LogP contribution in [-0.2, 0) is 0 Å². The van der Waals surface area contributed by atoms with Crippen LogP contribution in [0.3, 0.4) is 0 Å². The Bertz CT molecular complexity index is 882. The van der Waals surface area contributed by atoms with Crippen LogP contribution < -0.4 is 5.32 Å². The minimum absolute atomic E-state index is 0.272. The van der Waals surface area contributed by atoms with Crippen molar-refractivity contribution in [2.45, 2.75) is 26.9 Å². The second kappa shape index (κ2) is 6.03. The van der Waals surface area contributed by atoms with Gasteiger partial charge in [-0.1, -0.05) is 44.2 Å². The fourth-order valence-electron chi connectivity index (χ4n) is 2.56. The fourth-order valence-corrected chi connectivity index (χ4v) is 2.56. The van der Waals surface area contributed by atoms with E-state index >= 15 is 0 Å². The second-order valence-corrected chi connectivity index (χ2v) is 6.78. The van der Waals surface area contributed by atoms with Crippen LogP contribution in [0.1, 0.15) is 37.3 Å². The summed E-state index contributed by atoms with van der Waals surface area (Å²) in [4.78, 5) is 12.5. The normalized spacial score (nSPS) is 13.0. The van der Waals surface area contributed by atoms with Crippen LogP contribution in [0.5, 0.6) is 0 Å². The lowest BCUT2D eigenvalue weighted by Crippen LogP contribution is -2.41. The molecule has 0 saturated heterocycles. The molecule has 1 atom stereocenters. The lowest BCUT2D eigenvalue weighted by Gasteiger charge is -2.31. The number of aromatic nitrogens is 3. The zero-order chi connectivity index (χ0) is 17.3. The highest BCUT2D eigenvalue weighted by Crippen LogP contribution is 2.30. The molecule has 3 aromatic rings. The summed E-state index contributed by atoms with van der Waals surface area (Å²) in [6.07, 6.45) is -0.430. The third-order valence-corrected chi connectivity index (χ3v) is 3.80. The van der Waals surface area contributed by atoms with Gasteiger partial charge in [0.15, 0.2) is 0 Å². The van der Waals surface area contributed by atoms with Crippen LogP contribution in [0.25, 0.3) is 11.0 Å². The number of nitrogens with one attached hydrogen (secondary N) is 1. The van der Waals surface area contributed by atoms with E-state index in [1.54, 1.807) is 10.7 Å². The summed E-state index contributed by atoms with van der Waals surface area (Å²) in [5.74, 6) is -0.796. The van der Waals surface area contributed by atoms with Gasteiger partial charge in [-0.05, 0) is 30.3 Å². The Morgan fingerprint density at radius 1 is 1.17 bits per heavy atom. The molecule has 0 spiro atoms. The van der Waals surface area contributed by atoms with Crippen molar-refractivity contribution in [3.05, 3.63) is 59.9 Å². The number of para-hydroxylation sites is 1. The largest absolute Gasteiger partial charge is 0.330 e. The quantitative estimate of drug-likeness (QED) is 0.801. The summed E-state index contributed by atoms with van der Waals surface area (Å²) >= 11 is 0. The molecule has 2 aromatic carbocycles. The van der Waals surface area contributed by atoms with E-state index in [1.807, 2.05) is 45.0 Å². The van der Waals surface area contributed by atoms with E-state index in [0.29, 0.717) is 0 Å². The molecule has 0 aliphatic rings. The molecular weight excluding hydrogens is 307 g/mol. The number of halogens is 1. The predicted octanol–water partition coefficient (Wildman–Crippen LogP) is 3.55. The number of rotatable bonds is 3. The van der Waals surface area contributed by atoms with Gasteiger partial charge in [0.25, 0.3) is 5.91 Å². The molecule has 5 nitrogen and oxygen atoms in total. The van der Waals surface area contributed by atoms with Crippen molar-refractivity contribution in [3.8, 4) is 0 Å². The number of hydrogen-bond donors (Lipinski definition) is 1. The first-order valence-corrected chi connectivity index (χ1v) is 7.72. The van der Waals surface area contributed by atoms with E-state index in [2.05, 4.69) is 15.6 Å². The molecule has 0 radical (unpaired) electrons. The van der Waals surface area contributed by atoms with E-state index < -0.39 is 12.0 Å². The lowest BCUT2D eigenvalue weighted by atomic mass is 9.92. The summed E-state index contributed by atoms with van der Waals surface area (Å²) in [6.45, 7) is 6.00. The molecule has 124 valence electrons. The van der Waals surface area contributed by atoms with Crippen molar-refractivity contribution in [1.29, 1.82) is 0 Å². The molecule has 0 fully saturated rings. The van der Waals surface area contributed by atoms with Gasteiger partial charge in [0.05, 0.1) is 5.52 Å². The Morgan fingerprint density at radius 3 is 2.62 bits per heavy atom. The molecule has 24 heavy (non-hydrogen) atoms. The van der Waals surface area contributed by atoms with Crippen molar-refractivity contribution in [2.24, 2.45) is 5.41 Å². The number of benzene rings is 2. The maximum atomic E-state index is 13.4. The monoisotopic (exact) mass is 326 g/mol. The zero-order valence-electron chi connectivity index (χ0n) is 13.8. The van der Waals surface area contributed by atoms with Crippen LogP contribution in [0, 0.1) is 11.2 Å². The van der Waals surface area contributed by atoms with Gasteiger partial charge in [-0.2, -0.15) is 0 Å². The molecule has 0 aliphatic heterocycles. The molecule has 1 amide bonds. The predicted molar refractivity (Wildman–Crippen MR) is 89.9 cm³/mol. The third-order valence-electron chi connectivity index (χ3n) is 3.80. The number of hydrogen-bond acceptors (Lipinski definition) is 3. The third kappa shape index (κ3) is 3.13. The average Bonchev–Trinajstić information content (AvgIpc) is 2.95. The number of fused-ring (bicyclic) bond motifs is 1. The molecule has 1 aromatic heterocycles. The molecule has 1 unspecified atom stereocenters. The van der Waals surface area contributed by atoms with E-state index in [4.69, 9.17) is 0 Å². The van der Waals surface area contributed by atoms with Gasteiger partial charge in [0.1, 0.15) is 17.5 Å². The van der Waals surface area contributed by atoms with Crippen LogP contribution in [0.15, 0.2) is 48.5 Å². The molecule has 0 saturated carbocycles. The number of nitrogens with zero attached hydrogens (tertiary/aromatic N) is 3. The van der Waals surface area contributed by atoms with E-state index in [-0.39, 0.29) is 16.9 Å². The SMILES string of the molecule is CC(C)(C)C(NC(=O)c1cccc(F)c1)n1nnc2ccccc21. The average molecular weight is 326 g/mol. The lowest BCUT2D eigenvalue weighted by molar-refractivity contribution is 0.0843. The second-order valence-electron chi connectivity index (χ2n) is 6.78. The Kier molecular flexibility index (Phi) is 4.05. The summed E-state index contributed by atoms with van der Waals surface area (Å²) in [6, 6.07) is 13.2. The van der Waals surface area contributed by atoms with Gasteiger partial charge in [-0.25, -0.2) is 9.07 Å². The molecule has 0 bridgehead atoms. The highest BCUT2D eigenvalue weighted by Gasteiger charge is 2.30. The molecular formula is C18H19FN4O. The molecule has 0 aliphatic carbocycles. The maximum absolute atomic E-state index is 13.4. The summed E-state index contributed by atoms with van der Waals surface area (Å²) in [7, 11) is 0. The Hall–Kier alpha value is -2.76. The fraction of sp³-hybridized carbons (Fsp3) is 0.278. The first-order valence-electron chi connectivity index (χ1n) is 7.72. The van der Waals surface area contributed by atoms with Crippen LogP contribution >= 0.6 is 0 Å². The van der Waals surface area contributed by atoms with Gasteiger partial charge < -0.3 is 5.32 Å². The smallest absolute Gasteiger partial charge is 0.253 e. The van der Waals surface area contributed by atoms with Crippen molar-refractivity contribution in [2.75, 3.05) is 0 Å². The molecule has 3 rings (SSSR count). The van der Waals surface area contributed by atoms with Gasteiger partial charge >= 0.3 is 0 Å². The standard InChI is InChI=1S/C18H19FN4O/c1-18(2,3)17(20-16(24)12-7-6-8-13(19)11-12)23-15-10-5-4-9-14(15)21-22-23/h4-11,17H,1-3H3,(H,20,24). The Balaban J connectivity index is 1.98. The Labute approximate surface area is 139 Å². The summed E-state index contributed by atoms with van der Waals surface area (Å²) < 4.78 is 15.1. The molecule has 1 N–H and O–H groups in total. The topological polar surface area (TPSA) is 59.8 Å². The highest BCUT2D eigenvalue weighted by atomic mass is 19.1. The van der Waals surface area contributed by atoms with E-state index in [9.17, 15) is 9.18 Å². The molecule has 6 heteroatoms. The highest BCUT2D eigenvalue weighted by molar-refractivity contribution is 5.94. The Morgan fingerprint density at radius 2 is 1.92 bits per heavy atom. The molecule has 1 heterocycles. The van der Waals surface area contributed by atoms with Crippen LogP contribution in [-0.4, -0.2) is 20.9 Å². The van der Waals surface area contributed by atoms with E-state index in [0.717, 1.165) is 11.0 Å². The van der Waals surface area contributed by atoms with Gasteiger partial charge in [-0.3, -0.25) is 4.79 Å². The first kappa shape index (κ1) is 16.1. The minimum Gasteiger partial charge on any atom is -0.330 e. The number of carbonyl (C=O) groups excluding carboxylic acids is 1. The minimum atomic E-state index is -0.443. The zero-order valence-corrected chi connectivity index (χ0v) is 13.8. The summed E-state index contributed by atoms with van der Waals surface area (Å²) in [5.41, 5.74) is 1.54. The van der Waals surface area contributed by atoms with E-state index in [1.165, 1.54) is 18.2 Å². The van der Waals surface area contributed by atoms with Crippen molar-refractivity contribution in [3.63, 3.8) is 0 Å². The van der Waals surface area contributed by atoms with Crippen LogP contribution in [0.4, 0.5) is 4.39 Å². The number of carbonyl (C=O) groups is 1. The first-order chi connectivity index (χ1) is 11.4. The van der Waals surface area contributed by atoms with Crippen LogP contribution in [0.2, 0.25) is 0 Å². The number of amides is 1.